The molecule has 108 valence electrons. The molecular weight excluding hydrogens is 242 g/mol. The summed E-state index contributed by atoms with van der Waals surface area (Å²) >= 11 is 0. The summed E-state index contributed by atoms with van der Waals surface area (Å²) in [6.45, 7) is 5.35. The minimum Gasteiger partial charge on any atom is -0.359 e. The van der Waals surface area contributed by atoms with Crippen LogP contribution in [0.3, 0.4) is 0 Å². The van der Waals surface area contributed by atoms with E-state index in [1.807, 2.05) is 4.90 Å². The summed E-state index contributed by atoms with van der Waals surface area (Å²) in [7, 11) is 1.66. The van der Waals surface area contributed by atoms with E-state index in [1.165, 1.54) is 0 Å². The molecule has 0 bridgehead atoms. The molecule has 2 rings (SSSR count). The van der Waals surface area contributed by atoms with Gasteiger partial charge in [-0.1, -0.05) is 6.92 Å². The third-order valence-corrected chi connectivity index (χ3v) is 4.27. The van der Waals surface area contributed by atoms with Gasteiger partial charge in [0.05, 0.1) is 11.8 Å². The summed E-state index contributed by atoms with van der Waals surface area (Å²) in [5.74, 6) is 0.909. The minimum absolute atomic E-state index is 0.0309. The SMILES string of the molecule is CNC(=O)C1CCCN(C(=O)C2CNCC(C)C2)C1. The molecule has 3 unspecified atom stereocenters. The van der Waals surface area contributed by atoms with Gasteiger partial charge in [0.15, 0.2) is 0 Å². The van der Waals surface area contributed by atoms with Crippen molar-refractivity contribution in [1.82, 2.24) is 15.5 Å². The van der Waals surface area contributed by atoms with Gasteiger partial charge >= 0.3 is 0 Å². The molecule has 2 fully saturated rings. The second-order valence-corrected chi connectivity index (χ2v) is 5.93. The van der Waals surface area contributed by atoms with Crippen LogP contribution in [0.4, 0.5) is 0 Å². The molecule has 2 heterocycles. The smallest absolute Gasteiger partial charge is 0.226 e. The lowest BCUT2D eigenvalue weighted by molar-refractivity contribution is -0.140. The number of nitrogens with zero attached hydrogens (tertiary/aromatic N) is 1. The number of carbonyl (C=O) groups is 2. The molecule has 2 saturated heterocycles. The number of amides is 2. The Labute approximate surface area is 115 Å². The Balaban J connectivity index is 1.93. The Hall–Kier alpha value is -1.10. The Morgan fingerprint density at radius 2 is 2.05 bits per heavy atom. The zero-order valence-electron chi connectivity index (χ0n) is 11.9. The van der Waals surface area contributed by atoms with E-state index in [2.05, 4.69) is 17.6 Å². The van der Waals surface area contributed by atoms with E-state index < -0.39 is 0 Å². The molecule has 2 N–H and O–H groups in total. The Kier molecular flexibility index (Phi) is 4.80. The van der Waals surface area contributed by atoms with Crippen molar-refractivity contribution < 1.29 is 9.59 Å². The van der Waals surface area contributed by atoms with Crippen LogP contribution in [0.5, 0.6) is 0 Å². The van der Waals surface area contributed by atoms with E-state index >= 15 is 0 Å². The summed E-state index contributed by atoms with van der Waals surface area (Å²) in [4.78, 5) is 26.1. The van der Waals surface area contributed by atoms with Crippen molar-refractivity contribution in [2.45, 2.75) is 26.2 Å². The molecule has 0 saturated carbocycles. The number of likely N-dealkylation sites (tertiary alicyclic amines) is 1. The van der Waals surface area contributed by atoms with Gasteiger partial charge in [0.2, 0.25) is 11.8 Å². The first-order chi connectivity index (χ1) is 9.11. The fourth-order valence-corrected chi connectivity index (χ4v) is 3.20. The molecule has 5 nitrogen and oxygen atoms in total. The Morgan fingerprint density at radius 1 is 1.26 bits per heavy atom. The predicted molar refractivity (Wildman–Crippen MR) is 73.5 cm³/mol. The van der Waals surface area contributed by atoms with E-state index in [0.29, 0.717) is 12.5 Å². The van der Waals surface area contributed by atoms with Crippen molar-refractivity contribution in [3.05, 3.63) is 0 Å². The van der Waals surface area contributed by atoms with E-state index in [-0.39, 0.29) is 23.7 Å². The minimum atomic E-state index is -0.0309. The van der Waals surface area contributed by atoms with Crippen molar-refractivity contribution in [3.8, 4) is 0 Å². The van der Waals surface area contributed by atoms with Crippen LogP contribution in [-0.4, -0.2) is 49.9 Å². The third kappa shape index (κ3) is 3.47. The molecule has 0 aromatic heterocycles. The largest absolute Gasteiger partial charge is 0.359 e. The maximum Gasteiger partial charge on any atom is 0.226 e. The molecule has 2 aliphatic heterocycles. The van der Waals surface area contributed by atoms with Crippen LogP contribution in [0.15, 0.2) is 0 Å². The monoisotopic (exact) mass is 267 g/mol. The molecule has 0 radical (unpaired) electrons. The van der Waals surface area contributed by atoms with Crippen molar-refractivity contribution in [1.29, 1.82) is 0 Å². The van der Waals surface area contributed by atoms with Gasteiger partial charge in [-0.05, 0) is 31.7 Å². The lowest BCUT2D eigenvalue weighted by atomic mass is 9.89. The highest BCUT2D eigenvalue weighted by atomic mass is 16.2. The van der Waals surface area contributed by atoms with Gasteiger partial charge in [-0.15, -0.1) is 0 Å². The lowest BCUT2D eigenvalue weighted by Gasteiger charge is -2.36. The molecule has 19 heavy (non-hydrogen) atoms. The number of carbonyl (C=O) groups excluding carboxylic acids is 2. The fraction of sp³-hybridized carbons (Fsp3) is 0.857. The normalized spacial score (nSPS) is 31.9. The second-order valence-electron chi connectivity index (χ2n) is 5.93. The van der Waals surface area contributed by atoms with Crippen LogP contribution in [0, 0.1) is 17.8 Å². The Bertz CT molecular complexity index is 346. The zero-order valence-corrected chi connectivity index (χ0v) is 11.9. The number of rotatable bonds is 2. The molecule has 3 atom stereocenters. The van der Waals surface area contributed by atoms with Crippen molar-refractivity contribution >= 4 is 11.8 Å². The standard InChI is InChI=1S/C14H25N3O2/c1-10-6-12(8-16-7-10)14(19)17-5-3-4-11(9-17)13(18)15-2/h10-12,16H,3-9H2,1-2H3,(H,15,18). The summed E-state index contributed by atoms with van der Waals surface area (Å²) < 4.78 is 0. The van der Waals surface area contributed by atoms with Gasteiger partial charge in [-0.25, -0.2) is 0 Å². The fourth-order valence-electron chi connectivity index (χ4n) is 3.20. The lowest BCUT2D eigenvalue weighted by Crippen LogP contribution is -2.50. The Morgan fingerprint density at radius 3 is 2.74 bits per heavy atom. The van der Waals surface area contributed by atoms with Crippen molar-refractivity contribution in [2.24, 2.45) is 17.8 Å². The summed E-state index contributed by atoms with van der Waals surface area (Å²) in [5.41, 5.74) is 0. The van der Waals surface area contributed by atoms with Gasteiger partial charge in [0.1, 0.15) is 0 Å². The summed E-state index contributed by atoms with van der Waals surface area (Å²) in [6.07, 6.45) is 2.79. The van der Waals surface area contributed by atoms with Crippen LogP contribution < -0.4 is 10.6 Å². The molecule has 5 heteroatoms. The molecule has 0 aliphatic carbocycles. The topological polar surface area (TPSA) is 61.4 Å². The van der Waals surface area contributed by atoms with Crippen molar-refractivity contribution in [3.63, 3.8) is 0 Å². The van der Waals surface area contributed by atoms with Gasteiger partial charge in [0, 0.05) is 26.7 Å². The molecular formula is C14H25N3O2. The highest BCUT2D eigenvalue weighted by molar-refractivity contribution is 5.82. The second kappa shape index (κ2) is 6.37. The van der Waals surface area contributed by atoms with E-state index in [9.17, 15) is 9.59 Å². The van der Waals surface area contributed by atoms with Gasteiger partial charge in [-0.3, -0.25) is 9.59 Å². The predicted octanol–water partition coefficient (Wildman–Crippen LogP) is 0.217. The van der Waals surface area contributed by atoms with Gasteiger partial charge in [-0.2, -0.15) is 0 Å². The van der Waals surface area contributed by atoms with Crippen molar-refractivity contribution in [2.75, 3.05) is 33.2 Å². The first-order valence-corrected chi connectivity index (χ1v) is 7.33. The first kappa shape index (κ1) is 14.3. The molecule has 2 amide bonds. The van der Waals surface area contributed by atoms with Crippen LogP contribution in [0.2, 0.25) is 0 Å². The van der Waals surface area contributed by atoms with E-state index in [1.54, 1.807) is 7.05 Å². The van der Waals surface area contributed by atoms with E-state index in [4.69, 9.17) is 0 Å². The zero-order chi connectivity index (χ0) is 13.8. The first-order valence-electron chi connectivity index (χ1n) is 7.33. The van der Waals surface area contributed by atoms with Crippen LogP contribution in [0.25, 0.3) is 0 Å². The van der Waals surface area contributed by atoms with E-state index in [0.717, 1.165) is 38.9 Å². The number of nitrogens with one attached hydrogen (secondary N) is 2. The molecule has 0 aromatic rings. The summed E-state index contributed by atoms with van der Waals surface area (Å²) in [5, 5.41) is 6.01. The van der Waals surface area contributed by atoms with Crippen LogP contribution >= 0.6 is 0 Å². The quantitative estimate of drug-likeness (QED) is 0.752. The van der Waals surface area contributed by atoms with Crippen LogP contribution in [0.1, 0.15) is 26.2 Å². The average molecular weight is 267 g/mol. The third-order valence-electron chi connectivity index (χ3n) is 4.27. The molecule has 0 spiro atoms. The van der Waals surface area contributed by atoms with Crippen LogP contribution in [-0.2, 0) is 9.59 Å². The van der Waals surface area contributed by atoms with Gasteiger partial charge < -0.3 is 15.5 Å². The summed E-state index contributed by atoms with van der Waals surface area (Å²) in [6, 6.07) is 0. The number of hydrogen-bond donors (Lipinski definition) is 2. The van der Waals surface area contributed by atoms with Gasteiger partial charge in [0.25, 0.3) is 0 Å². The number of hydrogen-bond acceptors (Lipinski definition) is 3. The average Bonchev–Trinajstić information content (AvgIpc) is 2.45. The highest BCUT2D eigenvalue weighted by Crippen LogP contribution is 2.22. The number of piperidine rings is 2. The maximum atomic E-state index is 12.5. The molecule has 0 aromatic carbocycles. The molecule has 2 aliphatic rings. The highest BCUT2D eigenvalue weighted by Gasteiger charge is 2.33. The maximum absolute atomic E-state index is 12.5.